The normalized spacial score (nSPS) is 18.8. The summed E-state index contributed by atoms with van der Waals surface area (Å²) in [6.45, 7) is 3.16. The Morgan fingerprint density at radius 3 is 2.25 bits per heavy atom. The van der Waals surface area contributed by atoms with Crippen LogP contribution in [0.15, 0.2) is 27.6 Å². The summed E-state index contributed by atoms with van der Waals surface area (Å²) in [4.78, 5) is 27.8. The molecule has 2 heterocycles. The first-order valence-electron chi connectivity index (χ1n) is 8.84. The van der Waals surface area contributed by atoms with E-state index in [9.17, 15) is 18.0 Å². The number of ether oxygens (including phenoxy) is 2. The highest BCUT2D eigenvalue weighted by Gasteiger charge is 2.32. The number of amides is 2. The first-order valence-corrected chi connectivity index (χ1v) is 11.1. The molecule has 0 spiro atoms. The van der Waals surface area contributed by atoms with Gasteiger partial charge in [0.15, 0.2) is 0 Å². The Labute approximate surface area is 172 Å². The van der Waals surface area contributed by atoms with Gasteiger partial charge in [-0.3, -0.25) is 0 Å². The van der Waals surface area contributed by atoms with Crippen molar-refractivity contribution in [1.82, 2.24) is 14.1 Å². The Morgan fingerprint density at radius 2 is 1.64 bits per heavy atom. The molecule has 9 nitrogen and oxygen atoms in total. The Hall–Kier alpha value is -1.69. The molecule has 0 saturated carbocycles. The Bertz CT molecular complexity index is 848. The third-order valence-electron chi connectivity index (χ3n) is 4.77. The van der Waals surface area contributed by atoms with Gasteiger partial charge in [-0.2, -0.15) is 4.31 Å². The molecule has 0 radical (unpaired) electrons. The van der Waals surface area contributed by atoms with Crippen LogP contribution >= 0.6 is 15.9 Å². The zero-order valence-electron chi connectivity index (χ0n) is 15.5. The summed E-state index contributed by atoms with van der Waals surface area (Å²) in [6.07, 6.45) is 0. The van der Waals surface area contributed by atoms with Gasteiger partial charge in [0.25, 0.3) is 0 Å². The van der Waals surface area contributed by atoms with Gasteiger partial charge in [-0.15, -0.1) is 0 Å². The van der Waals surface area contributed by atoms with E-state index in [0.717, 1.165) is 0 Å². The number of carbonyl (C=O) groups is 2. The van der Waals surface area contributed by atoms with Crippen LogP contribution < -0.4 is 0 Å². The first kappa shape index (κ1) is 21.0. The van der Waals surface area contributed by atoms with Gasteiger partial charge in [-0.05, 0) is 34.1 Å². The maximum atomic E-state index is 13.0. The number of sulfonamides is 1. The summed E-state index contributed by atoms with van der Waals surface area (Å²) in [5.74, 6) is -0.621. The third kappa shape index (κ3) is 4.32. The van der Waals surface area contributed by atoms with Crippen molar-refractivity contribution in [1.29, 1.82) is 0 Å². The van der Waals surface area contributed by atoms with E-state index in [2.05, 4.69) is 15.9 Å². The van der Waals surface area contributed by atoms with Crippen LogP contribution in [0, 0.1) is 0 Å². The lowest BCUT2D eigenvalue weighted by Crippen LogP contribution is -2.55. The molecule has 2 fully saturated rings. The number of benzene rings is 1. The molecule has 1 aromatic rings. The average Bonchev–Trinajstić information content (AvgIpc) is 2.73. The van der Waals surface area contributed by atoms with E-state index in [1.807, 2.05) is 0 Å². The van der Waals surface area contributed by atoms with Crippen LogP contribution in [-0.2, 0) is 19.5 Å². The number of piperazine rings is 1. The lowest BCUT2D eigenvalue weighted by Gasteiger charge is -2.38. The number of morpholine rings is 1. The maximum Gasteiger partial charge on any atom is 0.339 e. The second kappa shape index (κ2) is 8.76. The molecular formula is C17H22BrN3O6S. The van der Waals surface area contributed by atoms with E-state index in [1.54, 1.807) is 9.80 Å². The fourth-order valence-electron chi connectivity index (χ4n) is 3.15. The number of methoxy groups -OCH3 is 1. The smallest absolute Gasteiger partial charge is 0.339 e. The number of hydrogen-bond donors (Lipinski definition) is 0. The lowest BCUT2D eigenvalue weighted by atomic mass is 10.2. The first-order chi connectivity index (χ1) is 13.3. The molecule has 0 aliphatic carbocycles. The highest BCUT2D eigenvalue weighted by Crippen LogP contribution is 2.25. The molecule has 0 bridgehead atoms. The van der Waals surface area contributed by atoms with E-state index in [0.29, 0.717) is 43.9 Å². The molecule has 0 atom stereocenters. The molecule has 0 unspecified atom stereocenters. The van der Waals surface area contributed by atoms with Crippen LogP contribution in [0.25, 0.3) is 0 Å². The highest BCUT2D eigenvalue weighted by molar-refractivity contribution is 9.10. The molecule has 3 rings (SSSR count). The minimum Gasteiger partial charge on any atom is -0.465 e. The van der Waals surface area contributed by atoms with Gasteiger partial charge in [0.05, 0.1) is 30.8 Å². The fourth-order valence-corrected chi connectivity index (χ4v) is 5.01. The average molecular weight is 476 g/mol. The Balaban J connectivity index is 1.69. The number of nitrogens with zero attached hydrogens (tertiary/aromatic N) is 3. The largest absolute Gasteiger partial charge is 0.465 e. The number of carbonyl (C=O) groups excluding carboxylic acids is 2. The van der Waals surface area contributed by atoms with Gasteiger partial charge in [-0.1, -0.05) is 0 Å². The summed E-state index contributed by atoms with van der Waals surface area (Å²) in [7, 11) is -2.55. The van der Waals surface area contributed by atoms with E-state index < -0.39 is 16.0 Å². The highest BCUT2D eigenvalue weighted by atomic mass is 79.9. The van der Waals surface area contributed by atoms with Crippen molar-refractivity contribution < 1.29 is 27.5 Å². The molecule has 154 valence electrons. The minimum absolute atomic E-state index is 0.0176. The van der Waals surface area contributed by atoms with Gasteiger partial charge in [0.1, 0.15) is 0 Å². The van der Waals surface area contributed by atoms with Crippen LogP contribution in [0.2, 0.25) is 0 Å². The predicted molar refractivity (Wildman–Crippen MR) is 104 cm³/mol. The maximum absolute atomic E-state index is 13.0. The van der Waals surface area contributed by atoms with Crippen LogP contribution in [0.1, 0.15) is 10.4 Å². The van der Waals surface area contributed by atoms with Gasteiger partial charge in [0, 0.05) is 43.7 Å². The summed E-state index contributed by atoms with van der Waals surface area (Å²) < 4.78 is 37.7. The molecule has 0 aromatic heterocycles. The van der Waals surface area contributed by atoms with Crippen molar-refractivity contribution in [3.05, 3.63) is 28.2 Å². The molecule has 2 aliphatic rings. The number of hydrogen-bond acceptors (Lipinski definition) is 6. The molecule has 2 saturated heterocycles. The van der Waals surface area contributed by atoms with Crippen molar-refractivity contribution in [2.45, 2.75) is 4.90 Å². The standard InChI is InChI=1S/C17H22BrN3O6S/c1-26-16(22)14-12-13(2-3-15(14)18)28(24,25)21-6-4-19(5-7-21)17(23)20-8-10-27-11-9-20/h2-3,12H,4-11H2,1H3. The van der Waals surface area contributed by atoms with Crippen molar-refractivity contribution in [2.24, 2.45) is 0 Å². The number of halogens is 1. The topological polar surface area (TPSA) is 96.5 Å². The van der Waals surface area contributed by atoms with Crippen LogP contribution in [0.4, 0.5) is 4.79 Å². The van der Waals surface area contributed by atoms with Crippen molar-refractivity contribution in [3.8, 4) is 0 Å². The number of rotatable bonds is 3. The van der Waals surface area contributed by atoms with E-state index >= 15 is 0 Å². The van der Waals surface area contributed by atoms with Crippen LogP contribution in [0.3, 0.4) is 0 Å². The molecule has 2 amide bonds. The van der Waals surface area contributed by atoms with E-state index in [4.69, 9.17) is 9.47 Å². The van der Waals surface area contributed by atoms with Gasteiger partial charge >= 0.3 is 12.0 Å². The Kier molecular flexibility index (Phi) is 6.58. The second-order valence-electron chi connectivity index (χ2n) is 6.41. The number of urea groups is 1. The van der Waals surface area contributed by atoms with Gasteiger partial charge in [-0.25, -0.2) is 18.0 Å². The monoisotopic (exact) mass is 475 g/mol. The molecular weight excluding hydrogens is 454 g/mol. The summed E-state index contributed by atoms with van der Waals surface area (Å²) >= 11 is 3.23. The zero-order valence-corrected chi connectivity index (χ0v) is 17.9. The molecule has 28 heavy (non-hydrogen) atoms. The van der Waals surface area contributed by atoms with Crippen molar-refractivity contribution in [3.63, 3.8) is 0 Å². The summed E-state index contributed by atoms with van der Waals surface area (Å²) in [5.41, 5.74) is 0.143. The van der Waals surface area contributed by atoms with E-state index in [-0.39, 0.29) is 29.6 Å². The SMILES string of the molecule is COC(=O)c1cc(S(=O)(=O)N2CCN(C(=O)N3CCOCC3)CC2)ccc1Br. The fraction of sp³-hybridized carbons (Fsp3) is 0.529. The van der Waals surface area contributed by atoms with Gasteiger partial charge in [0.2, 0.25) is 10.0 Å². The van der Waals surface area contributed by atoms with E-state index in [1.165, 1.54) is 29.6 Å². The zero-order chi connectivity index (χ0) is 20.3. The van der Waals surface area contributed by atoms with Crippen LogP contribution in [0.5, 0.6) is 0 Å². The molecule has 2 aliphatic heterocycles. The predicted octanol–water partition coefficient (Wildman–Crippen LogP) is 0.994. The number of esters is 1. The molecule has 1 aromatic carbocycles. The van der Waals surface area contributed by atoms with Crippen molar-refractivity contribution >= 4 is 38.0 Å². The summed E-state index contributed by atoms with van der Waals surface area (Å²) in [6, 6.07) is 4.17. The molecule has 0 N–H and O–H groups in total. The van der Waals surface area contributed by atoms with Crippen molar-refractivity contribution in [2.75, 3.05) is 59.6 Å². The second-order valence-corrected chi connectivity index (χ2v) is 9.20. The minimum atomic E-state index is -3.78. The third-order valence-corrected chi connectivity index (χ3v) is 7.36. The van der Waals surface area contributed by atoms with Crippen LogP contribution in [-0.4, -0.2) is 94.1 Å². The molecule has 11 heteroatoms. The lowest BCUT2D eigenvalue weighted by molar-refractivity contribution is 0.0405. The Morgan fingerprint density at radius 1 is 1.04 bits per heavy atom. The quantitative estimate of drug-likeness (QED) is 0.604. The van der Waals surface area contributed by atoms with Gasteiger partial charge < -0.3 is 19.3 Å². The summed E-state index contributed by atoms with van der Waals surface area (Å²) in [5, 5.41) is 0.